The third-order valence-electron chi connectivity index (χ3n) is 4.99. The summed E-state index contributed by atoms with van der Waals surface area (Å²) in [6.45, 7) is 6.56. The molecule has 0 fully saturated rings. The molecule has 0 spiro atoms. The van der Waals surface area contributed by atoms with Gasteiger partial charge in [-0.05, 0) is 31.5 Å². The van der Waals surface area contributed by atoms with E-state index in [-0.39, 0.29) is 0 Å². The van der Waals surface area contributed by atoms with Gasteiger partial charge in [-0.2, -0.15) is 9.61 Å². The first-order valence-corrected chi connectivity index (χ1v) is 10.0. The van der Waals surface area contributed by atoms with Gasteiger partial charge < -0.3 is 14.4 Å². The van der Waals surface area contributed by atoms with Crippen molar-refractivity contribution in [3.8, 4) is 28.7 Å². The summed E-state index contributed by atoms with van der Waals surface area (Å²) in [7, 11) is 1.62. The summed E-state index contributed by atoms with van der Waals surface area (Å²) in [5, 5.41) is 5.28. The van der Waals surface area contributed by atoms with Crippen LogP contribution in [0.3, 0.4) is 0 Å². The molecule has 1 aromatic carbocycles. The summed E-state index contributed by atoms with van der Waals surface area (Å²) < 4.78 is 12.9. The van der Waals surface area contributed by atoms with Crippen molar-refractivity contribution >= 4 is 23.1 Å². The first-order chi connectivity index (χ1) is 14.2. The van der Waals surface area contributed by atoms with Crippen LogP contribution in [-0.2, 0) is 18.0 Å². The Labute approximate surface area is 175 Å². The predicted octanol–water partition coefficient (Wildman–Crippen LogP) is 4.33. The molecule has 0 saturated carbocycles. The fourth-order valence-electron chi connectivity index (χ4n) is 3.63. The molecule has 7 heteroatoms. The predicted molar refractivity (Wildman–Crippen MR) is 114 cm³/mol. The maximum atomic E-state index is 6.54. The van der Waals surface area contributed by atoms with Crippen LogP contribution in [-0.4, -0.2) is 34.8 Å². The van der Waals surface area contributed by atoms with E-state index < -0.39 is 0 Å². The second kappa shape index (κ2) is 8.32. The molecule has 3 heterocycles. The zero-order valence-electron chi connectivity index (χ0n) is 16.8. The fourth-order valence-corrected chi connectivity index (χ4v) is 3.91. The summed E-state index contributed by atoms with van der Waals surface area (Å²) in [5.41, 5.74) is 4.55. The van der Waals surface area contributed by atoms with Crippen LogP contribution >= 0.6 is 11.6 Å². The number of halogens is 1. The molecule has 0 N–H and O–H groups in total. The van der Waals surface area contributed by atoms with Crippen molar-refractivity contribution in [3.05, 3.63) is 40.7 Å². The molecule has 0 atom stereocenters. The zero-order valence-corrected chi connectivity index (χ0v) is 17.6. The standard InChI is InChI=1S/C22H23ClN4O2/c1-4-6-10-26(9-5-2)22-18-13-29-14-20(18)25-21-17(12-24-27(21)22)16-8-7-15(28-3)11-19(16)23/h7-8,11-12H,5,9-10,13-14H2,1-3H3. The maximum Gasteiger partial charge on any atom is 0.165 e. The normalized spacial score (nSPS) is 12.6. The molecular formula is C22H23ClN4O2. The van der Waals surface area contributed by atoms with Gasteiger partial charge in [0.05, 0.1) is 43.8 Å². The molecule has 0 unspecified atom stereocenters. The number of rotatable bonds is 6. The molecule has 150 valence electrons. The van der Waals surface area contributed by atoms with E-state index in [1.54, 1.807) is 13.2 Å². The molecular weight excluding hydrogens is 388 g/mol. The van der Waals surface area contributed by atoms with Crippen molar-refractivity contribution < 1.29 is 9.47 Å². The monoisotopic (exact) mass is 410 g/mol. The average molecular weight is 411 g/mol. The summed E-state index contributed by atoms with van der Waals surface area (Å²) in [5.74, 6) is 7.90. The SMILES string of the molecule is CC#CCN(CCC)c1c2c(nc3c(-c4ccc(OC)cc4Cl)cnn13)COC2. The van der Waals surface area contributed by atoms with E-state index in [9.17, 15) is 0 Å². The van der Waals surface area contributed by atoms with Crippen molar-refractivity contribution in [3.63, 3.8) is 0 Å². The highest BCUT2D eigenvalue weighted by Crippen LogP contribution is 2.37. The molecule has 1 aliphatic rings. The van der Waals surface area contributed by atoms with E-state index in [0.717, 1.165) is 46.8 Å². The van der Waals surface area contributed by atoms with Crippen LogP contribution < -0.4 is 9.64 Å². The molecule has 3 aromatic rings. The summed E-state index contributed by atoms with van der Waals surface area (Å²) >= 11 is 6.54. The number of ether oxygens (including phenoxy) is 2. The van der Waals surface area contributed by atoms with Crippen LogP contribution in [0.4, 0.5) is 5.82 Å². The second-order valence-electron chi connectivity index (χ2n) is 6.84. The van der Waals surface area contributed by atoms with Gasteiger partial charge in [0.25, 0.3) is 0 Å². The van der Waals surface area contributed by atoms with Gasteiger partial charge in [-0.25, -0.2) is 4.98 Å². The lowest BCUT2D eigenvalue weighted by atomic mass is 10.1. The lowest BCUT2D eigenvalue weighted by Crippen LogP contribution is -2.28. The highest BCUT2D eigenvalue weighted by Gasteiger charge is 2.26. The molecule has 4 rings (SSSR count). The third-order valence-corrected chi connectivity index (χ3v) is 5.31. The Morgan fingerprint density at radius 3 is 2.90 bits per heavy atom. The highest BCUT2D eigenvalue weighted by molar-refractivity contribution is 6.33. The van der Waals surface area contributed by atoms with E-state index in [1.807, 2.05) is 29.8 Å². The first kappa shape index (κ1) is 19.6. The first-order valence-electron chi connectivity index (χ1n) is 9.63. The lowest BCUT2D eigenvalue weighted by Gasteiger charge is -2.24. The van der Waals surface area contributed by atoms with Crippen LogP contribution in [0.25, 0.3) is 16.8 Å². The molecule has 0 radical (unpaired) electrons. The van der Waals surface area contributed by atoms with Gasteiger partial charge in [0.1, 0.15) is 11.6 Å². The van der Waals surface area contributed by atoms with Gasteiger partial charge in [-0.3, -0.25) is 0 Å². The molecule has 6 nitrogen and oxygen atoms in total. The molecule has 1 aliphatic heterocycles. The van der Waals surface area contributed by atoms with Gasteiger partial charge in [0, 0.05) is 23.2 Å². The topological polar surface area (TPSA) is 51.9 Å². The van der Waals surface area contributed by atoms with Gasteiger partial charge in [-0.15, -0.1) is 5.92 Å². The average Bonchev–Trinajstić information content (AvgIpc) is 3.36. The van der Waals surface area contributed by atoms with Crippen molar-refractivity contribution in [1.82, 2.24) is 14.6 Å². The van der Waals surface area contributed by atoms with Crippen molar-refractivity contribution in [2.75, 3.05) is 25.1 Å². The van der Waals surface area contributed by atoms with Gasteiger partial charge in [0.15, 0.2) is 5.65 Å². The minimum atomic E-state index is 0.499. The minimum Gasteiger partial charge on any atom is -0.497 e. The fraction of sp³-hybridized carbons (Fsp3) is 0.364. The lowest BCUT2D eigenvalue weighted by molar-refractivity contribution is 0.133. The quantitative estimate of drug-likeness (QED) is 0.566. The molecule has 2 aromatic heterocycles. The number of hydrogen-bond donors (Lipinski definition) is 0. The number of fused-ring (bicyclic) bond motifs is 2. The summed E-state index contributed by atoms with van der Waals surface area (Å²) in [4.78, 5) is 7.14. The maximum absolute atomic E-state index is 6.54. The van der Waals surface area contributed by atoms with Crippen LogP contribution in [0.15, 0.2) is 24.4 Å². The Hall–Kier alpha value is -2.75. The van der Waals surface area contributed by atoms with Crippen molar-refractivity contribution in [2.45, 2.75) is 33.5 Å². The summed E-state index contributed by atoms with van der Waals surface area (Å²) in [6, 6.07) is 5.63. The Balaban J connectivity index is 1.92. The third kappa shape index (κ3) is 3.52. The van der Waals surface area contributed by atoms with Crippen LogP contribution in [0, 0.1) is 11.8 Å². The second-order valence-corrected chi connectivity index (χ2v) is 7.25. The van der Waals surface area contributed by atoms with E-state index >= 15 is 0 Å². The number of aromatic nitrogens is 3. The van der Waals surface area contributed by atoms with Crippen molar-refractivity contribution in [2.24, 2.45) is 0 Å². The van der Waals surface area contributed by atoms with Gasteiger partial charge in [0.2, 0.25) is 0 Å². The number of nitrogens with zero attached hydrogens (tertiary/aromatic N) is 4. The summed E-state index contributed by atoms with van der Waals surface area (Å²) in [6.07, 6.45) is 2.83. The number of anilines is 1. The van der Waals surface area contributed by atoms with Gasteiger partial charge >= 0.3 is 0 Å². The molecule has 0 amide bonds. The van der Waals surface area contributed by atoms with Crippen LogP contribution in [0.5, 0.6) is 5.75 Å². The van der Waals surface area contributed by atoms with Gasteiger partial charge in [-0.1, -0.05) is 24.4 Å². The molecule has 29 heavy (non-hydrogen) atoms. The van der Waals surface area contributed by atoms with E-state index in [4.69, 9.17) is 26.1 Å². The largest absolute Gasteiger partial charge is 0.497 e. The smallest absolute Gasteiger partial charge is 0.165 e. The Kier molecular flexibility index (Phi) is 5.61. The van der Waals surface area contributed by atoms with E-state index in [1.165, 1.54) is 0 Å². The number of benzene rings is 1. The Morgan fingerprint density at radius 2 is 2.17 bits per heavy atom. The van der Waals surface area contributed by atoms with E-state index in [2.05, 4.69) is 28.8 Å². The molecule has 0 aliphatic carbocycles. The Morgan fingerprint density at radius 1 is 1.31 bits per heavy atom. The van der Waals surface area contributed by atoms with Crippen molar-refractivity contribution in [1.29, 1.82) is 0 Å². The molecule has 0 bridgehead atoms. The minimum absolute atomic E-state index is 0.499. The highest BCUT2D eigenvalue weighted by atomic mass is 35.5. The van der Waals surface area contributed by atoms with Crippen LogP contribution in [0.2, 0.25) is 5.02 Å². The van der Waals surface area contributed by atoms with E-state index in [0.29, 0.717) is 30.5 Å². The van der Waals surface area contributed by atoms with Crippen LogP contribution in [0.1, 0.15) is 31.5 Å². The Bertz CT molecular complexity index is 1110. The number of hydrogen-bond acceptors (Lipinski definition) is 5. The zero-order chi connectivity index (χ0) is 20.4. The molecule has 0 saturated heterocycles. The number of methoxy groups -OCH3 is 1.